The van der Waals surface area contributed by atoms with Crippen LogP contribution in [-0.4, -0.2) is 15.8 Å². The van der Waals surface area contributed by atoms with Gasteiger partial charge in [-0.3, -0.25) is 9.36 Å². The van der Waals surface area contributed by atoms with Crippen molar-refractivity contribution < 1.29 is 18.3 Å². The molecule has 0 aliphatic heterocycles. The maximum Gasteiger partial charge on any atom is 0.280 e. The van der Waals surface area contributed by atoms with Crippen LogP contribution in [0, 0.1) is 17.6 Å². The second-order valence-corrected chi connectivity index (χ2v) is 6.42. The second-order valence-electron chi connectivity index (χ2n) is 6.04. The number of rotatable bonds is 5. The van der Waals surface area contributed by atoms with Gasteiger partial charge in [-0.2, -0.15) is 0 Å². The van der Waals surface area contributed by atoms with Crippen LogP contribution in [0.3, 0.4) is 0 Å². The first-order valence-corrected chi connectivity index (χ1v) is 8.47. The van der Waals surface area contributed by atoms with Crippen molar-refractivity contribution in [3.8, 4) is 5.88 Å². The van der Waals surface area contributed by atoms with Gasteiger partial charge < -0.3 is 9.53 Å². The van der Waals surface area contributed by atoms with E-state index in [4.69, 9.17) is 16.3 Å². The molecule has 140 valence electrons. The van der Waals surface area contributed by atoms with Crippen LogP contribution in [0.5, 0.6) is 5.88 Å². The van der Waals surface area contributed by atoms with Gasteiger partial charge in [-0.05, 0) is 37.1 Å². The number of allylic oxidation sites excluding steroid dienone is 4. The summed E-state index contributed by atoms with van der Waals surface area (Å²) < 4.78 is 33.2. The van der Waals surface area contributed by atoms with Gasteiger partial charge in [0.25, 0.3) is 5.56 Å². The highest BCUT2D eigenvalue weighted by molar-refractivity contribution is 6.31. The van der Waals surface area contributed by atoms with Crippen LogP contribution < -0.4 is 10.3 Å². The SMILES string of the molecule is CC1=CCC(C=O)C=C1n1cnc(OCc2ccc(F)cc2F)c(Cl)c1=O. The van der Waals surface area contributed by atoms with Crippen LogP contribution in [0.2, 0.25) is 5.02 Å². The predicted octanol–water partition coefficient (Wildman–Crippen LogP) is 3.76. The van der Waals surface area contributed by atoms with E-state index in [1.54, 1.807) is 6.08 Å². The Morgan fingerprint density at radius 2 is 2.19 bits per heavy atom. The smallest absolute Gasteiger partial charge is 0.280 e. The fourth-order valence-electron chi connectivity index (χ4n) is 2.66. The van der Waals surface area contributed by atoms with Crippen molar-refractivity contribution in [2.45, 2.75) is 20.0 Å². The van der Waals surface area contributed by atoms with Gasteiger partial charge in [0.15, 0.2) is 5.02 Å². The molecule has 0 N–H and O–H groups in total. The molecule has 1 aromatic heterocycles. The first-order chi connectivity index (χ1) is 12.9. The molecule has 0 saturated heterocycles. The number of halogens is 3. The lowest BCUT2D eigenvalue weighted by molar-refractivity contribution is -0.109. The molecule has 3 rings (SSSR count). The summed E-state index contributed by atoms with van der Waals surface area (Å²) in [6.45, 7) is 1.55. The van der Waals surface area contributed by atoms with Crippen LogP contribution >= 0.6 is 11.6 Å². The number of hydrogen-bond donors (Lipinski definition) is 0. The van der Waals surface area contributed by atoms with E-state index >= 15 is 0 Å². The molecule has 1 heterocycles. The highest BCUT2D eigenvalue weighted by Crippen LogP contribution is 2.26. The zero-order chi connectivity index (χ0) is 19.6. The lowest BCUT2D eigenvalue weighted by Crippen LogP contribution is -2.23. The minimum Gasteiger partial charge on any atom is -0.471 e. The minimum absolute atomic E-state index is 0.0982. The van der Waals surface area contributed by atoms with Gasteiger partial charge >= 0.3 is 0 Å². The van der Waals surface area contributed by atoms with Crippen LogP contribution in [0.25, 0.3) is 5.70 Å². The predicted molar refractivity (Wildman–Crippen MR) is 96.4 cm³/mol. The number of carbonyl (C=O) groups excluding carboxylic acids is 1. The van der Waals surface area contributed by atoms with Crippen molar-refractivity contribution >= 4 is 23.6 Å². The molecule has 8 heteroatoms. The van der Waals surface area contributed by atoms with Crippen LogP contribution in [-0.2, 0) is 11.4 Å². The molecule has 0 bridgehead atoms. The van der Waals surface area contributed by atoms with Crippen LogP contribution in [0.4, 0.5) is 8.78 Å². The van der Waals surface area contributed by atoms with Crippen molar-refractivity contribution in [3.05, 3.63) is 74.8 Å². The molecule has 0 saturated carbocycles. The van der Waals surface area contributed by atoms with Gasteiger partial charge in [0.1, 0.15) is 30.9 Å². The Balaban J connectivity index is 1.87. The maximum absolute atomic E-state index is 13.7. The average Bonchev–Trinajstić information content (AvgIpc) is 2.65. The van der Waals surface area contributed by atoms with E-state index in [0.717, 1.165) is 24.0 Å². The van der Waals surface area contributed by atoms with Gasteiger partial charge in [-0.1, -0.05) is 17.7 Å². The highest BCUT2D eigenvalue weighted by atomic mass is 35.5. The Labute approximate surface area is 158 Å². The van der Waals surface area contributed by atoms with E-state index in [0.29, 0.717) is 12.1 Å². The molecule has 27 heavy (non-hydrogen) atoms. The number of ether oxygens (including phenoxy) is 1. The quantitative estimate of drug-likeness (QED) is 0.727. The van der Waals surface area contributed by atoms with Crippen molar-refractivity contribution in [1.29, 1.82) is 0 Å². The summed E-state index contributed by atoms with van der Waals surface area (Å²) >= 11 is 6.08. The normalized spacial score (nSPS) is 16.5. The number of aldehydes is 1. The zero-order valence-corrected chi connectivity index (χ0v) is 15.0. The summed E-state index contributed by atoms with van der Waals surface area (Å²) in [5, 5.41) is -0.276. The Kier molecular flexibility index (Phi) is 5.51. The van der Waals surface area contributed by atoms with E-state index in [-0.39, 0.29) is 29.0 Å². The molecular formula is C19H15ClF2N2O3. The van der Waals surface area contributed by atoms with E-state index in [1.807, 2.05) is 13.0 Å². The molecule has 2 aromatic rings. The van der Waals surface area contributed by atoms with Crippen molar-refractivity contribution in [1.82, 2.24) is 9.55 Å². The molecule has 1 unspecified atom stereocenters. The molecule has 1 aliphatic rings. The lowest BCUT2D eigenvalue weighted by Gasteiger charge is -2.18. The van der Waals surface area contributed by atoms with Gasteiger partial charge in [-0.25, -0.2) is 13.8 Å². The number of aromatic nitrogens is 2. The van der Waals surface area contributed by atoms with Gasteiger partial charge in [0.05, 0.1) is 0 Å². The molecule has 0 radical (unpaired) electrons. The van der Waals surface area contributed by atoms with Crippen molar-refractivity contribution in [2.24, 2.45) is 5.92 Å². The summed E-state index contributed by atoms with van der Waals surface area (Å²) in [5.74, 6) is -1.96. The molecule has 1 aliphatic carbocycles. The van der Waals surface area contributed by atoms with E-state index in [1.165, 1.54) is 17.0 Å². The zero-order valence-electron chi connectivity index (χ0n) is 14.3. The molecule has 5 nitrogen and oxygen atoms in total. The van der Waals surface area contributed by atoms with E-state index in [9.17, 15) is 18.4 Å². The first kappa shape index (κ1) is 19.0. The van der Waals surface area contributed by atoms with Crippen molar-refractivity contribution in [2.75, 3.05) is 0 Å². The third-order valence-corrected chi connectivity index (χ3v) is 4.49. The van der Waals surface area contributed by atoms with Gasteiger partial charge in [-0.15, -0.1) is 0 Å². The Bertz CT molecular complexity index is 1010. The largest absolute Gasteiger partial charge is 0.471 e. The number of nitrogens with zero attached hydrogens (tertiary/aromatic N) is 2. The topological polar surface area (TPSA) is 61.2 Å². The van der Waals surface area contributed by atoms with Crippen LogP contribution in [0.1, 0.15) is 18.9 Å². The summed E-state index contributed by atoms with van der Waals surface area (Å²) in [7, 11) is 0. The summed E-state index contributed by atoms with van der Waals surface area (Å²) in [6, 6.07) is 3.07. The highest BCUT2D eigenvalue weighted by Gasteiger charge is 2.18. The summed E-state index contributed by atoms with van der Waals surface area (Å²) in [5.41, 5.74) is 0.858. The third-order valence-electron chi connectivity index (χ3n) is 4.17. The number of hydrogen-bond acceptors (Lipinski definition) is 4. The van der Waals surface area contributed by atoms with E-state index in [2.05, 4.69) is 4.98 Å². The van der Waals surface area contributed by atoms with Gasteiger partial charge in [0.2, 0.25) is 5.88 Å². The maximum atomic E-state index is 13.7. The second kappa shape index (κ2) is 7.84. The minimum atomic E-state index is -0.771. The first-order valence-electron chi connectivity index (χ1n) is 8.09. The Morgan fingerprint density at radius 3 is 2.89 bits per heavy atom. The third kappa shape index (κ3) is 3.98. The Morgan fingerprint density at radius 1 is 1.41 bits per heavy atom. The molecule has 1 atom stereocenters. The van der Waals surface area contributed by atoms with Crippen LogP contribution in [0.15, 0.2) is 47.0 Å². The number of carbonyl (C=O) groups is 1. The standard InChI is InChI=1S/C19H15ClF2N2O3/c1-11-2-3-12(8-25)6-16(11)24-10-23-18(17(20)19(24)26)27-9-13-4-5-14(21)7-15(13)22/h2,4-8,10,12H,3,9H2,1H3. The average molecular weight is 393 g/mol. The summed E-state index contributed by atoms with van der Waals surface area (Å²) in [4.78, 5) is 27.6. The van der Waals surface area contributed by atoms with Crippen molar-refractivity contribution in [3.63, 3.8) is 0 Å². The molecule has 0 amide bonds. The molecule has 0 spiro atoms. The lowest BCUT2D eigenvalue weighted by atomic mass is 9.96. The monoisotopic (exact) mass is 392 g/mol. The molecule has 1 aromatic carbocycles. The molecule has 0 fully saturated rings. The van der Waals surface area contributed by atoms with Gasteiger partial charge in [0, 0.05) is 23.2 Å². The Hall–Kier alpha value is -2.80. The van der Waals surface area contributed by atoms with E-state index < -0.39 is 17.2 Å². The fraction of sp³-hybridized carbons (Fsp3) is 0.211. The fourth-order valence-corrected chi connectivity index (χ4v) is 2.85. The summed E-state index contributed by atoms with van der Waals surface area (Å²) in [6.07, 6.45) is 6.14. The molecular weight excluding hydrogens is 378 g/mol. The number of benzene rings is 1.